The molecule has 188 valence electrons. The highest BCUT2D eigenvalue weighted by atomic mass is 32.2. The van der Waals surface area contributed by atoms with Gasteiger partial charge in [-0.2, -0.15) is 0 Å². The maximum atomic E-state index is 13.5. The van der Waals surface area contributed by atoms with Crippen LogP contribution >= 0.6 is 11.8 Å². The van der Waals surface area contributed by atoms with Crippen LogP contribution in [0.1, 0.15) is 50.7 Å². The van der Waals surface area contributed by atoms with Crippen LogP contribution in [0.2, 0.25) is 0 Å². The molecule has 2 unspecified atom stereocenters. The highest BCUT2D eigenvalue weighted by molar-refractivity contribution is 8.02. The fourth-order valence-electron chi connectivity index (χ4n) is 5.26. The first-order valence-corrected chi connectivity index (χ1v) is 13.6. The van der Waals surface area contributed by atoms with E-state index in [-0.39, 0.29) is 23.0 Å². The number of nitrogens with one attached hydrogen (secondary N) is 1. The fourth-order valence-corrected chi connectivity index (χ4v) is 5.85. The van der Waals surface area contributed by atoms with E-state index in [0.29, 0.717) is 44.7 Å². The number of likely N-dealkylation sites (tertiary alicyclic amines) is 1. The minimum Gasteiger partial charge on any atom is -0.492 e. The molecular weight excluding hydrogens is 462 g/mol. The Kier molecular flexibility index (Phi) is 7.71. The summed E-state index contributed by atoms with van der Waals surface area (Å²) in [5, 5.41) is 2.85. The zero-order valence-electron chi connectivity index (χ0n) is 20.8. The number of fused-ring (bicyclic) bond motifs is 2. The van der Waals surface area contributed by atoms with Crippen LogP contribution in [0.5, 0.6) is 5.75 Å². The minimum absolute atomic E-state index is 0.0441. The molecule has 1 aliphatic carbocycles. The third-order valence-corrected chi connectivity index (χ3v) is 8.35. The summed E-state index contributed by atoms with van der Waals surface area (Å²) < 4.78 is 5.99. The molecule has 8 heteroatoms. The van der Waals surface area contributed by atoms with Gasteiger partial charge in [0, 0.05) is 36.2 Å². The summed E-state index contributed by atoms with van der Waals surface area (Å²) in [5.41, 5.74) is 8.64. The molecule has 35 heavy (non-hydrogen) atoms. The maximum Gasteiger partial charge on any atom is 0.253 e. The Morgan fingerprint density at radius 3 is 2.66 bits per heavy atom. The van der Waals surface area contributed by atoms with E-state index >= 15 is 0 Å². The molecule has 4 rings (SSSR count). The number of allylic oxidation sites excluding steroid dienone is 1. The number of rotatable bonds is 7. The predicted octanol–water partition coefficient (Wildman–Crippen LogP) is 3.07. The van der Waals surface area contributed by atoms with Gasteiger partial charge in [-0.1, -0.05) is 25.1 Å². The first-order chi connectivity index (χ1) is 16.8. The van der Waals surface area contributed by atoms with E-state index in [1.165, 1.54) is 12.5 Å². The molecule has 2 atom stereocenters. The van der Waals surface area contributed by atoms with Crippen molar-refractivity contribution >= 4 is 29.4 Å². The van der Waals surface area contributed by atoms with E-state index < -0.39 is 12.0 Å². The standard InChI is InChI=1S/C27H35N3O4S/c1-4-23(17(2)31)29-25(32)19-12-20(14-21(13-19)35-3)26(33)30-9-7-27(8-10-30)16-34-24-6-5-18(15-28)11-22(24)27/h5-6,11-12,14,19,23H,4,7-10,13,15-16,28H2,1-3H3,(H,29,32). The van der Waals surface area contributed by atoms with E-state index in [9.17, 15) is 14.4 Å². The molecule has 3 aliphatic rings. The number of nitrogens with zero attached hydrogens (tertiary/aromatic N) is 1. The maximum absolute atomic E-state index is 13.5. The summed E-state index contributed by atoms with van der Waals surface area (Å²) in [6.07, 6.45) is 8.37. The van der Waals surface area contributed by atoms with Crippen molar-refractivity contribution in [1.29, 1.82) is 0 Å². The van der Waals surface area contributed by atoms with Crippen LogP contribution in [0, 0.1) is 5.92 Å². The van der Waals surface area contributed by atoms with Crippen LogP contribution < -0.4 is 15.8 Å². The van der Waals surface area contributed by atoms with E-state index in [4.69, 9.17) is 10.5 Å². The lowest BCUT2D eigenvalue weighted by Crippen LogP contribution is -2.46. The van der Waals surface area contributed by atoms with Gasteiger partial charge in [-0.15, -0.1) is 11.8 Å². The van der Waals surface area contributed by atoms with Gasteiger partial charge in [0.2, 0.25) is 5.91 Å². The summed E-state index contributed by atoms with van der Waals surface area (Å²) >= 11 is 1.55. The number of carbonyl (C=O) groups excluding carboxylic acids is 3. The lowest BCUT2D eigenvalue weighted by Gasteiger charge is -2.39. The molecule has 1 aromatic carbocycles. The van der Waals surface area contributed by atoms with Crippen molar-refractivity contribution in [3.05, 3.63) is 52.0 Å². The van der Waals surface area contributed by atoms with Gasteiger partial charge in [0.1, 0.15) is 5.75 Å². The molecule has 1 saturated heterocycles. The van der Waals surface area contributed by atoms with Gasteiger partial charge >= 0.3 is 0 Å². The first-order valence-electron chi connectivity index (χ1n) is 12.3. The molecule has 1 spiro atoms. The average Bonchev–Trinajstić information content (AvgIpc) is 3.23. The van der Waals surface area contributed by atoms with Crippen LogP contribution in [-0.2, 0) is 26.3 Å². The third kappa shape index (κ3) is 5.19. The average molecular weight is 498 g/mol. The Labute approximate surface area is 211 Å². The van der Waals surface area contributed by atoms with Crippen LogP contribution in [0.4, 0.5) is 0 Å². The molecule has 1 aromatic rings. The minimum atomic E-state index is -0.492. The Morgan fingerprint density at radius 1 is 1.29 bits per heavy atom. The number of nitrogens with two attached hydrogens (primary N) is 1. The molecule has 2 aliphatic heterocycles. The molecule has 7 nitrogen and oxygen atoms in total. The molecule has 0 saturated carbocycles. The number of ketones is 1. The number of hydrogen-bond donors (Lipinski definition) is 2. The molecular formula is C27H35N3O4S. The smallest absolute Gasteiger partial charge is 0.253 e. The second kappa shape index (κ2) is 10.6. The normalized spacial score (nSPS) is 21.5. The summed E-state index contributed by atoms with van der Waals surface area (Å²) in [6.45, 7) is 5.75. The summed E-state index contributed by atoms with van der Waals surface area (Å²) in [6, 6.07) is 5.68. The third-order valence-electron chi connectivity index (χ3n) is 7.54. The molecule has 0 aromatic heterocycles. The Hall–Kier alpha value is -2.58. The Morgan fingerprint density at radius 2 is 2.03 bits per heavy atom. The van der Waals surface area contributed by atoms with Crippen molar-refractivity contribution in [2.75, 3.05) is 26.0 Å². The number of hydrogen-bond acceptors (Lipinski definition) is 6. The predicted molar refractivity (Wildman–Crippen MR) is 138 cm³/mol. The molecule has 1 fully saturated rings. The van der Waals surface area contributed by atoms with Crippen molar-refractivity contribution in [3.63, 3.8) is 0 Å². The van der Waals surface area contributed by atoms with Gasteiger partial charge in [0.05, 0.1) is 18.6 Å². The fraction of sp³-hybridized carbons (Fsp3) is 0.519. The first kappa shape index (κ1) is 25.5. The molecule has 0 radical (unpaired) electrons. The number of benzene rings is 1. The lowest BCUT2D eigenvalue weighted by atomic mass is 9.74. The Balaban J connectivity index is 1.47. The monoisotopic (exact) mass is 497 g/mol. The van der Waals surface area contributed by atoms with Crippen molar-refractivity contribution in [2.24, 2.45) is 11.7 Å². The number of thioether (sulfide) groups is 1. The topological polar surface area (TPSA) is 102 Å². The summed E-state index contributed by atoms with van der Waals surface area (Å²) in [4.78, 5) is 41.1. The zero-order valence-corrected chi connectivity index (χ0v) is 21.6. The number of amides is 2. The van der Waals surface area contributed by atoms with Crippen LogP contribution in [0.3, 0.4) is 0 Å². The Bertz CT molecular complexity index is 1070. The molecule has 0 bridgehead atoms. The highest BCUT2D eigenvalue weighted by Crippen LogP contribution is 2.46. The summed E-state index contributed by atoms with van der Waals surface area (Å²) in [7, 11) is 0. The van der Waals surface area contributed by atoms with Gasteiger partial charge < -0.3 is 20.7 Å². The van der Waals surface area contributed by atoms with Crippen LogP contribution in [-0.4, -0.2) is 54.5 Å². The van der Waals surface area contributed by atoms with E-state index in [1.807, 2.05) is 36.3 Å². The largest absolute Gasteiger partial charge is 0.492 e. The van der Waals surface area contributed by atoms with Gasteiger partial charge in [0.25, 0.3) is 5.91 Å². The van der Waals surface area contributed by atoms with E-state index in [0.717, 1.165) is 29.1 Å². The zero-order chi connectivity index (χ0) is 25.2. The number of piperidine rings is 1. The molecule has 3 N–H and O–H groups in total. The van der Waals surface area contributed by atoms with Crippen molar-refractivity contribution < 1.29 is 19.1 Å². The van der Waals surface area contributed by atoms with Crippen LogP contribution in [0.25, 0.3) is 0 Å². The second-order valence-electron chi connectivity index (χ2n) is 9.72. The van der Waals surface area contributed by atoms with Gasteiger partial charge in [-0.3, -0.25) is 14.4 Å². The summed E-state index contributed by atoms with van der Waals surface area (Å²) in [5.74, 6) is 0.156. The van der Waals surface area contributed by atoms with Gasteiger partial charge in [-0.25, -0.2) is 0 Å². The van der Waals surface area contributed by atoms with Crippen molar-refractivity contribution in [1.82, 2.24) is 10.2 Å². The second-order valence-corrected chi connectivity index (χ2v) is 10.7. The van der Waals surface area contributed by atoms with Gasteiger partial charge in [-0.05, 0) is 61.5 Å². The quantitative estimate of drug-likeness (QED) is 0.600. The van der Waals surface area contributed by atoms with E-state index in [1.54, 1.807) is 17.8 Å². The lowest BCUT2D eigenvalue weighted by molar-refractivity contribution is -0.129. The number of ether oxygens (including phenoxy) is 1. The number of Topliss-reactive ketones (excluding diaryl/α,β-unsaturated/α-hetero) is 1. The molecule has 2 amide bonds. The molecule has 2 heterocycles. The van der Waals surface area contributed by atoms with Crippen molar-refractivity contribution in [2.45, 2.75) is 57.5 Å². The van der Waals surface area contributed by atoms with Crippen LogP contribution in [0.15, 0.2) is 40.8 Å². The van der Waals surface area contributed by atoms with Gasteiger partial charge in [0.15, 0.2) is 5.78 Å². The highest BCUT2D eigenvalue weighted by Gasteiger charge is 2.44. The van der Waals surface area contributed by atoms with E-state index in [2.05, 4.69) is 11.4 Å². The SMILES string of the molecule is CCC(NC(=O)C1C=C(C(=O)N2CCC3(CC2)COc2ccc(CN)cc23)C=C(SC)C1)C(C)=O. The van der Waals surface area contributed by atoms with Crippen molar-refractivity contribution in [3.8, 4) is 5.75 Å². The number of carbonyl (C=O) groups is 3.